The molecule has 2 fully saturated rings. The molecule has 0 aliphatic carbocycles. The highest BCUT2D eigenvalue weighted by atomic mass is 35.5. The van der Waals surface area contributed by atoms with Crippen molar-refractivity contribution in [2.24, 2.45) is 0 Å². The first kappa shape index (κ1) is 18.7. The number of aromatic nitrogens is 3. The average Bonchev–Trinajstić information content (AvgIpc) is 3.49. The van der Waals surface area contributed by atoms with Crippen LogP contribution in [0.5, 0.6) is 6.01 Å². The number of aromatic amines is 1. The largest absolute Gasteiger partial charge is 0.456 e. The van der Waals surface area contributed by atoms with Crippen molar-refractivity contribution in [3.8, 4) is 6.01 Å². The highest BCUT2D eigenvalue weighted by Gasteiger charge is 2.48. The lowest BCUT2D eigenvalue weighted by Crippen LogP contribution is -2.34. The van der Waals surface area contributed by atoms with Gasteiger partial charge in [-0.1, -0.05) is 29.8 Å². The highest BCUT2D eigenvalue weighted by molar-refractivity contribution is 7.99. The molecule has 5 atom stereocenters. The van der Waals surface area contributed by atoms with Crippen molar-refractivity contribution in [2.75, 3.05) is 24.3 Å². The van der Waals surface area contributed by atoms with Gasteiger partial charge in [0.15, 0.2) is 11.8 Å². The monoisotopic (exact) mass is 446 g/mol. The summed E-state index contributed by atoms with van der Waals surface area (Å²) in [5.74, 6) is 1.51. The third-order valence-electron chi connectivity index (χ3n) is 5.66. The normalized spacial score (nSPS) is 29.9. The minimum atomic E-state index is -0.618. The Labute approximate surface area is 181 Å². The van der Waals surface area contributed by atoms with Gasteiger partial charge in [0.1, 0.15) is 24.1 Å². The third kappa shape index (κ3) is 3.12. The summed E-state index contributed by atoms with van der Waals surface area (Å²) < 4.78 is 17.1. The zero-order chi connectivity index (χ0) is 20.2. The van der Waals surface area contributed by atoms with Gasteiger partial charge < -0.3 is 29.6 Å². The van der Waals surface area contributed by atoms with Crippen LogP contribution < -0.4 is 10.1 Å². The molecular weight excluding hydrogens is 428 g/mol. The number of nitrogens with one attached hydrogen (secondary N) is 2. The zero-order valence-electron chi connectivity index (χ0n) is 15.7. The second-order valence-electron chi connectivity index (χ2n) is 7.60. The number of imidazole rings is 1. The topological polar surface area (TPSA) is 102 Å². The first-order valence-electron chi connectivity index (χ1n) is 9.78. The fraction of sp³-hybridized carbons (Fsp3) is 0.400. The number of ether oxygens (including phenoxy) is 3. The number of thioether (sulfide) groups is 1. The molecule has 2 aromatic heterocycles. The highest BCUT2D eigenvalue weighted by Crippen LogP contribution is 2.40. The van der Waals surface area contributed by atoms with Crippen LogP contribution in [0.2, 0.25) is 5.02 Å². The van der Waals surface area contributed by atoms with Crippen LogP contribution in [0, 0.1) is 0 Å². The van der Waals surface area contributed by atoms with Gasteiger partial charge in [0.25, 0.3) is 6.01 Å². The van der Waals surface area contributed by atoms with E-state index in [0.717, 1.165) is 5.75 Å². The molecule has 1 aromatic carbocycles. The molecule has 6 rings (SSSR count). The first-order valence-corrected chi connectivity index (χ1v) is 11.1. The molecule has 156 valence electrons. The maximum Gasteiger partial charge on any atom is 0.296 e. The summed E-state index contributed by atoms with van der Waals surface area (Å²) in [6.45, 7) is 0.591. The summed E-state index contributed by atoms with van der Waals surface area (Å²) in [4.78, 5) is 13.5. The van der Waals surface area contributed by atoms with Gasteiger partial charge in [0.05, 0.1) is 29.8 Å². The van der Waals surface area contributed by atoms with Crippen molar-refractivity contribution in [2.45, 2.75) is 35.4 Å². The summed E-state index contributed by atoms with van der Waals surface area (Å²) in [5.41, 5.74) is 2.45. The molecular formula is C20H19ClN4O4S. The molecule has 3 aromatic rings. The number of nitrogens with zero attached hydrogens (tertiary/aromatic N) is 2. The predicted molar refractivity (Wildman–Crippen MR) is 112 cm³/mol. The van der Waals surface area contributed by atoms with Crippen LogP contribution in [0.25, 0.3) is 11.2 Å². The lowest BCUT2D eigenvalue weighted by atomic mass is 10.1. The van der Waals surface area contributed by atoms with Crippen LogP contribution in [0.15, 0.2) is 35.2 Å². The van der Waals surface area contributed by atoms with E-state index in [9.17, 15) is 5.11 Å². The molecule has 5 heterocycles. The summed E-state index contributed by atoms with van der Waals surface area (Å²) in [5, 5.41) is 13.8. The molecule has 3 N–H and O–H groups in total. The predicted octanol–water partition coefficient (Wildman–Crippen LogP) is 2.78. The lowest BCUT2D eigenvalue weighted by molar-refractivity contribution is 0.00706. The van der Waals surface area contributed by atoms with E-state index >= 15 is 0 Å². The molecule has 2 unspecified atom stereocenters. The van der Waals surface area contributed by atoms with E-state index in [1.165, 1.54) is 10.5 Å². The van der Waals surface area contributed by atoms with Gasteiger partial charge in [-0.15, -0.1) is 11.8 Å². The SMILES string of the molecule is O[C@@H]1CO[C@H]2C1OC[C@H]2Oc1nc2nc(NC3CSc4ccccc43)c(Cl)cc2[nH]1. The second-order valence-corrected chi connectivity index (χ2v) is 9.07. The summed E-state index contributed by atoms with van der Waals surface area (Å²) in [6, 6.07) is 10.6. The Bertz CT molecular complexity index is 1110. The number of anilines is 1. The van der Waals surface area contributed by atoms with E-state index in [2.05, 4.69) is 32.4 Å². The molecule has 0 radical (unpaired) electrons. The van der Waals surface area contributed by atoms with E-state index in [-0.39, 0.29) is 31.0 Å². The Morgan fingerprint density at radius 1 is 1.20 bits per heavy atom. The van der Waals surface area contributed by atoms with Crippen LogP contribution in [0.3, 0.4) is 0 Å². The standard InChI is InChI=1S/C20H19ClN4O4S/c21-10-5-11-19(24-18(10)22-12-8-30-15-4-2-1-3-9(12)15)25-20(23-11)29-14-7-28-16-13(26)6-27-17(14)16/h1-5,12-14,16-17,26H,6-8H2,(H2,22,23,24,25)/t12?,13-,14-,16?,17-/m1/s1. The fourth-order valence-electron chi connectivity index (χ4n) is 4.19. The fourth-order valence-corrected chi connectivity index (χ4v) is 5.56. The molecule has 30 heavy (non-hydrogen) atoms. The Morgan fingerprint density at radius 2 is 2.07 bits per heavy atom. The quantitative estimate of drug-likeness (QED) is 0.562. The smallest absolute Gasteiger partial charge is 0.296 e. The summed E-state index contributed by atoms with van der Waals surface area (Å²) in [7, 11) is 0. The molecule has 2 saturated heterocycles. The minimum Gasteiger partial charge on any atom is -0.456 e. The van der Waals surface area contributed by atoms with E-state index < -0.39 is 6.10 Å². The molecule has 3 aliphatic rings. The number of hydrogen-bond donors (Lipinski definition) is 3. The molecule has 0 bridgehead atoms. The number of benzene rings is 1. The van der Waals surface area contributed by atoms with Gasteiger partial charge in [-0.3, -0.25) is 0 Å². The Kier molecular flexibility index (Phi) is 4.54. The number of aliphatic hydroxyl groups excluding tert-OH is 1. The number of rotatable bonds is 4. The van der Waals surface area contributed by atoms with E-state index in [0.29, 0.717) is 34.6 Å². The van der Waals surface area contributed by atoms with Crippen molar-refractivity contribution >= 4 is 40.3 Å². The number of fused-ring (bicyclic) bond motifs is 3. The van der Waals surface area contributed by atoms with Gasteiger partial charge in [0, 0.05) is 10.6 Å². The van der Waals surface area contributed by atoms with Gasteiger partial charge in [-0.05, 0) is 17.7 Å². The first-order chi connectivity index (χ1) is 14.7. The zero-order valence-corrected chi connectivity index (χ0v) is 17.3. The summed E-state index contributed by atoms with van der Waals surface area (Å²) in [6.07, 6.45) is -1.61. The number of halogens is 1. The number of aliphatic hydroxyl groups is 1. The van der Waals surface area contributed by atoms with Crippen LogP contribution in [0.1, 0.15) is 11.6 Å². The second kappa shape index (κ2) is 7.28. The van der Waals surface area contributed by atoms with Gasteiger partial charge in [-0.25, -0.2) is 4.98 Å². The van der Waals surface area contributed by atoms with Crippen LogP contribution in [0.4, 0.5) is 5.82 Å². The third-order valence-corrected chi connectivity index (χ3v) is 7.13. The summed E-state index contributed by atoms with van der Waals surface area (Å²) >= 11 is 8.31. The Hall–Kier alpha value is -2.04. The van der Waals surface area contributed by atoms with Crippen molar-refractivity contribution in [1.29, 1.82) is 0 Å². The lowest BCUT2D eigenvalue weighted by Gasteiger charge is -2.15. The molecule has 3 aliphatic heterocycles. The van der Waals surface area contributed by atoms with Crippen molar-refractivity contribution < 1.29 is 19.3 Å². The van der Waals surface area contributed by atoms with Gasteiger partial charge >= 0.3 is 0 Å². The van der Waals surface area contributed by atoms with Crippen LogP contribution in [-0.4, -0.2) is 63.4 Å². The van der Waals surface area contributed by atoms with Gasteiger partial charge in [0.2, 0.25) is 0 Å². The number of hydrogen-bond acceptors (Lipinski definition) is 8. The molecule has 0 amide bonds. The molecule has 0 saturated carbocycles. The Balaban J connectivity index is 1.23. The molecule has 8 nitrogen and oxygen atoms in total. The van der Waals surface area contributed by atoms with E-state index in [1.807, 2.05) is 23.9 Å². The van der Waals surface area contributed by atoms with Gasteiger partial charge in [-0.2, -0.15) is 4.98 Å². The van der Waals surface area contributed by atoms with Crippen molar-refractivity contribution in [3.63, 3.8) is 0 Å². The van der Waals surface area contributed by atoms with Crippen molar-refractivity contribution in [3.05, 3.63) is 40.9 Å². The molecule has 10 heteroatoms. The van der Waals surface area contributed by atoms with E-state index in [4.69, 9.17) is 25.8 Å². The number of pyridine rings is 1. The Morgan fingerprint density at radius 3 is 3.00 bits per heavy atom. The maximum atomic E-state index is 9.87. The van der Waals surface area contributed by atoms with Crippen LogP contribution >= 0.6 is 23.4 Å². The minimum absolute atomic E-state index is 0.141. The number of H-pyrrole nitrogens is 1. The van der Waals surface area contributed by atoms with Crippen molar-refractivity contribution in [1.82, 2.24) is 15.0 Å². The molecule has 0 spiro atoms. The maximum absolute atomic E-state index is 9.87. The van der Waals surface area contributed by atoms with Crippen LogP contribution in [-0.2, 0) is 9.47 Å². The average molecular weight is 447 g/mol. The van der Waals surface area contributed by atoms with E-state index in [1.54, 1.807) is 6.07 Å².